The van der Waals surface area contributed by atoms with Gasteiger partial charge >= 0.3 is 0 Å². The fraction of sp³-hybridized carbons (Fsp3) is 0.100. The second kappa shape index (κ2) is 6.94. The molecule has 3 N–H and O–H groups in total. The van der Waals surface area contributed by atoms with Gasteiger partial charge in [0, 0.05) is 23.8 Å². The van der Waals surface area contributed by atoms with Gasteiger partial charge in [0.05, 0.1) is 6.54 Å². The summed E-state index contributed by atoms with van der Waals surface area (Å²) in [5, 5.41) is 3.41. The Morgan fingerprint density at radius 1 is 1.25 bits per heavy atom. The molecule has 0 radical (unpaired) electrons. The lowest BCUT2D eigenvalue weighted by atomic mass is 10.1. The van der Waals surface area contributed by atoms with Gasteiger partial charge in [-0.25, -0.2) is 4.57 Å². The zero-order valence-electron chi connectivity index (χ0n) is 15.0. The van der Waals surface area contributed by atoms with Crippen LogP contribution in [0.4, 0.5) is 5.82 Å². The van der Waals surface area contributed by atoms with Crippen LogP contribution >= 0.6 is 11.6 Å². The van der Waals surface area contributed by atoms with E-state index in [0.29, 0.717) is 21.7 Å². The topological polar surface area (TPSA) is 93.4 Å². The molecule has 0 unspecified atom stereocenters. The summed E-state index contributed by atoms with van der Waals surface area (Å²) in [6.07, 6.45) is 1.64. The maximum absolute atomic E-state index is 13.0. The molecule has 0 atom stereocenters. The Morgan fingerprint density at radius 3 is 2.75 bits per heavy atom. The Labute approximate surface area is 165 Å². The van der Waals surface area contributed by atoms with Crippen LogP contribution in [0.5, 0.6) is 0 Å². The lowest BCUT2D eigenvalue weighted by Gasteiger charge is -2.12. The van der Waals surface area contributed by atoms with Gasteiger partial charge in [0.1, 0.15) is 10.9 Å². The molecule has 0 fully saturated rings. The van der Waals surface area contributed by atoms with E-state index < -0.39 is 0 Å². The second-order valence-electron chi connectivity index (χ2n) is 6.28. The number of halogens is 1. The molecule has 1 amide bonds. The first-order valence-electron chi connectivity index (χ1n) is 8.60. The number of nitrogens with zero attached hydrogens (tertiary/aromatic N) is 3. The highest BCUT2D eigenvalue weighted by Crippen LogP contribution is 2.18. The van der Waals surface area contributed by atoms with Crippen molar-refractivity contribution in [1.29, 1.82) is 0 Å². The monoisotopic (exact) mass is 394 g/mol. The summed E-state index contributed by atoms with van der Waals surface area (Å²) in [4.78, 5) is 30.0. The van der Waals surface area contributed by atoms with Crippen LogP contribution in [-0.4, -0.2) is 22.3 Å². The van der Waals surface area contributed by atoms with Crippen molar-refractivity contribution < 1.29 is 9.36 Å². The van der Waals surface area contributed by atoms with Crippen LogP contribution in [0.1, 0.15) is 15.9 Å². The molecule has 1 aromatic carbocycles. The van der Waals surface area contributed by atoms with E-state index in [0.717, 1.165) is 5.56 Å². The summed E-state index contributed by atoms with van der Waals surface area (Å²) in [5.41, 5.74) is 7.93. The van der Waals surface area contributed by atoms with Crippen molar-refractivity contribution in [2.75, 3.05) is 12.8 Å². The van der Waals surface area contributed by atoms with Gasteiger partial charge in [0.2, 0.25) is 11.5 Å². The van der Waals surface area contributed by atoms with Gasteiger partial charge in [0.25, 0.3) is 17.1 Å². The van der Waals surface area contributed by atoms with Crippen LogP contribution in [0.25, 0.3) is 16.7 Å². The Kier molecular flexibility index (Phi) is 4.44. The van der Waals surface area contributed by atoms with Crippen molar-refractivity contribution in [3.63, 3.8) is 0 Å². The highest BCUT2D eigenvalue weighted by molar-refractivity contribution is 6.31. The van der Waals surface area contributed by atoms with E-state index in [4.69, 9.17) is 17.3 Å². The smallest absolute Gasteiger partial charge is 0.278 e. The first kappa shape index (κ1) is 17.9. The number of benzene rings is 1. The first-order valence-corrected chi connectivity index (χ1v) is 8.98. The normalized spacial score (nSPS) is 11.1. The molecule has 140 valence electrons. The molecule has 4 aromatic rings. The highest BCUT2D eigenvalue weighted by Gasteiger charge is 2.24. The number of nitrogens with one attached hydrogen (secondary N) is 1. The van der Waals surface area contributed by atoms with Gasteiger partial charge < -0.3 is 11.1 Å². The predicted molar refractivity (Wildman–Crippen MR) is 108 cm³/mol. The largest absolute Gasteiger partial charge is 0.355 e. The van der Waals surface area contributed by atoms with Gasteiger partial charge in [-0.2, -0.15) is 0 Å². The average molecular weight is 395 g/mol. The zero-order valence-corrected chi connectivity index (χ0v) is 15.8. The number of nitrogen functional groups attached to an aromatic ring is 1. The number of hydrogen-bond donors (Lipinski definition) is 2. The van der Waals surface area contributed by atoms with Crippen molar-refractivity contribution in [1.82, 2.24) is 14.7 Å². The molecule has 0 bridgehead atoms. The molecule has 0 aliphatic carbocycles. The molecule has 7 nitrogen and oxygen atoms in total. The van der Waals surface area contributed by atoms with Crippen molar-refractivity contribution in [2.24, 2.45) is 0 Å². The van der Waals surface area contributed by atoms with Crippen molar-refractivity contribution >= 4 is 40.0 Å². The van der Waals surface area contributed by atoms with E-state index in [1.54, 1.807) is 35.0 Å². The number of carbonyl (C=O) groups excluding carboxylic acids is 1. The van der Waals surface area contributed by atoms with Gasteiger partial charge in [-0.3, -0.25) is 14.0 Å². The van der Waals surface area contributed by atoms with Gasteiger partial charge in [-0.15, -0.1) is 0 Å². The minimum absolute atomic E-state index is 0.205. The van der Waals surface area contributed by atoms with E-state index in [1.807, 2.05) is 18.2 Å². The predicted octanol–water partition coefficient (Wildman–Crippen LogP) is 1.78. The summed E-state index contributed by atoms with van der Waals surface area (Å²) in [6, 6.07) is 14.1. The molecule has 3 heterocycles. The Hall–Kier alpha value is -3.45. The molecule has 0 aliphatic rings. The fourth-order valence-corrected chi connectivity index (χ4v) is 3.37. The van der Waals surface area contributed by atoms with E-state index in [2.05, 4.69) is 10.3 Å². The Balaban J connectivity index is 2.10. The average Bonchev–Trinajstić information content (AvgIpc) is 2.71. The van der Waals surface area contributed by atoms with E-state index in [-0.39, 0.29) is 29.4 Å². The van der Waals surface area contributed by atoms with E-state index >= 15 is 0 Å². The third-order valence-electron chi connectivity index (χ3n) is 4.62. The molecule has 0 spiro atoms. The van der Waals surface area contributed by atoms with Crippen LogP contribution in [0.15, 0.2) is 59.5 Å². The third-order valence-corrected chi connectivity index (χ3v) is 4.99. The molecule has 3 aromatic heterocycles. The lowest BCUT2D eigenvalue weighted by molar-refractivity contribution is -0.649. The molecular weight excluding hydrogens is 378 g/mol. The van der Waals surface area contributed by atoms with Crippen LogP contribution in [-0.2, 0) is 6.54 Å². The lowest BCUT2D eigenvalue weighted by Crippen LogP contribution is -2.43. The number of carbonyl (C=O) groups is 1. The SMILES string of the molecule is CNC(=O)c1cc2c(=O)n3ccccc3nc2[n+](Cc2ccccc2Cl)c1N. The number of rotatable bonds is 3. The summed E-state index contributed by atoms with van der Waals surface area (Å²) in [6.45, 7) is 0.266. The minimum atomic E-state index is -0.384. The molecule has 28 heavy (non-hydrogen) atoms. The summed E-state index contributed by atoms with van der Waals surface area (Å²) < 4.78 is 3.08. The maximum atomic E-state index is 13.0. The van der Waals surface area contributed by atoms with Crippen LogP contribution in [0.3, 0.4) is 0 Å². The molecule has 0 aliphatic heterocycles. The van der Waals surface area contributed by atoms with Crippen LogP contribution in [0, 0.1) is 0 Å². The number of nitrogens with two attached hydrogens (primary N) is 1. The number of pyridine rings is 2. The van der Waals surface area contributed by atoms with Gasteiger partial charge in [0.15, 0.2) is 0 Å². The fourth-order valence-electron chi connectivity index (χ4n) is 3.17. The number of aromatic nitrogens is 3. The molecule has 0 saturated heterocycles. The number of hydrogen-bond acceptors (Lipinski definition) is 4. The summed E-state index contributed by atoms with van der Waals surface area (Å²) >= 11 is 6.31. The number of anilines is 1. The van der Waals surface area contributed by atoms with Crippen LogP contribution < -0.4 is 21.2 Å². The first-order chi connectivity index (χ1) is 13.5. The van der Waals surface area contributed by atoms with Gasteiger partial charge in [-0.1, -0.05) is 40.9 Å². The van der Waals surface area contributed by atoms with Gasteiger partial charge in [-0.05, 0) is 24.3 Å². The van der Waals surface area contributed by atoms with Crippen molar-refractivity contribution in [3.05, 3.63) is 81.2 Å². The van der Waals surface area contributed by atoms with Crippen LogP contribution in [0.2, 0.25) is 5.02 Å². The summed E-state index contributed by atoms with van der Waals surface area (Å²) in [7, 11) is 1.51. The number of fused-ring (bicyclic) bond motifs is 2. The molecule has 8 heteroatoms. The van der Waals surface area contributed by atoms with E-state index in [1.165, 1.54) is 17.5 Å². The standard InChI is InChI=1S/C20H16ClN5O2/c1-23-19(27)13-10-14-18(24-16-8-4-5-9-25(16)20(14)28)26(17(13)22)11-12-6-2-3-7-15(12)21/h2-10,22H,11H2,1H3,(H,23,27)/p+1. The maximum Gasteiger partial charge on any atom is 0.278 e. The highest BCUT2D eigenvalue weighted by atomic mass is 35.5. The summed E-state index contributed by atoms with van der Waals surface area (Å²) in [5.74, 6) is -0.177. The Bertz CT molecular complexity index is 1300. The minimum Gasteiger partial charge on any atom is -0.355 e. The Morgan fingerprint density at radius 2 is 2.00 bits per heavy atom. The molecule has 0 saturated carbocycles. The molecular formula is C20H17ClN5O2+. The quantitative estimate of drug-likeness (QED) is 0.409. The zero-order chi connectivity index (χ0) is 19.8. The van der Waals surface area contributed by atoms with Crippen molar-refractivity contribution in [2.45, 2.75) is 6.54 Å². The molecule has 4 rings (SSSR count). The van der Waals surface area contributed by atoms with Crippen molar-refractivity contribution in [3.8, 4) is 0 Å². The second-order valence-corrected chi connectivity index (χ2v) is 6.69. The third kappa shape index (κ3) is 2.86. The van der Waals surface area contributed by atoms with E-state index in [9.17, 15) is 9.59 Å². The number of amides is 1.